The molecule has 0 radical (unpaired) electrons. The zero-order chi connectivity index (χ0) is 20.5. The number of rotatable bonds is 6. The number of methoxy groups -OCH3 is 2. The maximum Gasteiger partial charge on any atom is 0.296 e. The lowest BCUT2D eigenvalue weighted by Gasteiger charge is -2.14. The molecule has 0 saturated carbocycles. The number of fused-ring (bicyclic) bond motifs is 1. The van der Waals surface area contributed by atoms with Crippen LogP contribution in [0.5, 0.6) is 11.5 Å². The molecule has 10 nitrogen and oxygen atoms in total. The first kappa shape index (κ1) is 19.5. The van der Waals surface area contributed by atoms with Gasteiger partial charge in [-0.25, -0.2) is 9.82 Å². The van der Waals surface area contributed by atoms with Crippen molar-refractivity contribution in [1.29, 1.82) is 0 Å². The van der Waals surface area contributed by atoms with Crippen LogP contribution in [0.4, 0.5) is 17.2 Å². The van der Waals surface area contributed by atoms with Gasteiger partial charge < -0.3 is 14.8 Å². The maximum absolute atomic E-state index is 12.5. The van der Waals surface area contributed by atoms with Gasteiger partial charge in [0.05, 0.1) is 25.3 Å². The van der Waals surface area contributed by atoms with Crippen LogP contribution in [0.3, 0.4) is 0 Å². The molecule has 4 N–H and O–H groups in total. The average Bonchev–Trinajstić information content (AvgIpc) is 2.63. The van der Waals surface area contributed by atoms with Gasteiger partial charge in [-0.05, 0) is 30.3 Å². The van der Waals surface area contributed by atoms with Gasteiger partial charge in [0.25, 0.3) is 15.8 Å². The summed E-state index contributed by atoms with van der Waals surface area (Å²) in [5.74, 6) is 1.24. The molecular formula is C17H19N5O5S. The fraction of sp³-hybridized carbons (Fsp3) is 0.176. The topological polar surface area (TPSA) is 138 Å². The summed E-state index contributed by atoms with van der Waals surface area (Å²) in [5, 5.41) is 13.3. The Balaban J connectivity index is 2.12. The molecule has 3 aromatic rings. The van der Waals surface area contributed by atoms with Crippen molar-refractivity contribution in [2.75, 3.05) is 24.3 Å². The Labute approximate surface area is 161 Å². The van der Waals surface area contributed by atoms with E-state index in [-0.39, 0.29) is 11.2 Å². The second-order valence-electron chi connectivity index (χ2n) is 5.88. The molecule has 0 saturated heterocycles. The van der Waals surface area contributed by atoms with Gasteiger partial charge in [-0.2, -0.15) is 13.5 Å². The van der Waals surface area contributed by atoms with Crippen molar-refractivity contribution in [3.05, 3.63) is 46.8 Å². The first-order valence-electron chi connectivity index (χ1n) is 8.02. The van der Waals surface area contributed by atoms with Gasteiger partial charge in [0.1, 0.15) is 0 Å². The summed E-state index contributed by atoms with van der Waals surface area (Å²) in [4.78, 5) is 12.5. The molecule has 0 aliphatic heterocycles. The van der Waals surface area contributed by atoms with Crippen LogP contribution in [0, 0.1) is 0 Å². The summed E-state index contributed by atoms with van der Waals surface area (Å²) in [7, 11) is 0.609. The predicted molar refractivity (Wildman–Crippen MR) is 107 cm³/mol. The minimum Gasteiger partial charge on any atom is -0.493 e. The standard InChI is InChI=1S/C17H19N5O5S/c1-22-17(23)13-9-15(27-3)14(26-2)8-12(13)16(20-22)19-10-5-4-6-11(7-10)21-28(18,24)25/h4-9,21H,1-3H3,(H,19,20)(H2,18,24,25). The van der Waals surface area contributed by atoms with E-state index in [0.29, 0.717) is 33.8 Å². The largest absolute Gasteiger partial charge is 0.493 e. The van der Waals surface area contributed by atoms with Crippen LogP contribution >= 0.6 is 0 Å². The fourth-order valence-corrected chi connectivity index (χ4v) is 3.18. The van der Waals surface area contributed by atoms with Gasteiger partial charge in [0.2, 0.25) is 0 Å². The van der Waals surface area contributed by atoms with Crippen molar-refractivity contribution in [3.8, 4) is 11.5 Å². The van der Waals surface area contributed by atoms with Crippen LogP contribution in [0.25, 0.3) is 10.8 Å². The van der Waals surface area contributed by atoms with E-state index in [2.05, 4.69) is 15.1 Å². The summed E-state index contributed by atoms with van der Waals surface area (Å²) >= 11 is 0. The lowest BCUT2D eigenvalue weighted by molar-refractivity contribution is 0.356. The lowest BCUT2D eigenvalue weighted by Crippen LogP contribution is -2.22. The Morgan fingerprint density at radius 3 is 2.25 bits per heavy atom. The molecule has 148 valence electrons. The highest BCUT2D eigenvalue weighted by Crippen LogP contribution is 2.34. The van der Waals surface area contributed by atoms with Crippen molar-refractivity contribution in [2.45, 2.75) is 0 Å². The van der Waals surface area contributed by atoms with Gasteiger partial charge >= 0.3 is 0 Å². The molecule has 11 heteroatoms. The SMILES string of the molecule is COc1cc2c(Nc3cccc(NS(N)(=O)=O)c3)nn(C)c(=O)c2cc1OC. The molecule has 0 amide bonds. The minimum atomic E-state index is -3.90. The lowest BCUT2D eigenvalue weighted by atomic mass is 10.1. The Morgan fingerprint density at radius 2 is 1.64 bits per heavy atom. The van der Waals surface area contributed by atoms with Crippen molar-refractivity contribution in [1.82, 2.24) is 9.78 Å². The van der Waals surface area contributed by atoms with Crippen LogP contribution in [0.2, 0.25) is 0 Å². The Bertz CT molecular complexity index is 1210. The van der Waals surface area contributed by atoms with E-state index >= 15 is 0 Å². The quantitative estimate of drug-likeness (QED) is 0.562. The number of aryl methyl sites for hydroxylation is 1. The monoisotopic (exact) mass is 405 g/mol. The summed E-state index contributed by atoms with van der Waals surface area (Å²) < 4.78 is 36.4. The number of nitrogens with two attached hydrogens (primary N) is 1. The molecule has 28 heavy (non-hydrogen) atoms. The average molecular weight is 405 g/mol. The van der Waals surface area contributed by atoms with Crippen LogP contribution in [-0.2, 0) is 17.3 Å². The molecule has 1 heterocycles. The Morgan fingerprint density at radius 1 is 1.04 bits per heavy atom. The normalized spacial score (nSPS) is 11.3. The molecule has 0 bridgehead atoms. The van der Waals surface area contributed by atoms with Crippen molar-refractivity contribution < 1.29 is 17.9 Å². The molecule has 0 atom stereocenters. The van der Waals surface area contributed by atoms with Crippen LogP contribution in [0.15, 0.2) is 41.2 Å². The third-order valence-electron chi connectivity index (χ3n) is 3.94. The highest BCUT2D eigenvalue weighted by Gasteiger charge is 2.15. The second kappa shape index (κ2) is 7.37. The highest BCUT2D eigenvalue weighted by molar-refractivity contribution is 7.90. The van der Waals surface area contributed by atoms with Crippen molar-refractivity contribution in [3.63, 3.8) is 0 Å². The first-order valence-corrected chi connectivity index (χ1v) is 9.57. The molecule has 2 aromatic carbocycles. The van der Waals surface area contributed by atoms with Crippen molar-refractivity contribution >= 4 is 38.2 Å². The molecule has 3 rings (SSSR count). The van der Waals surface area contributed by atoms with Gasteiger partial charge in [-0.1, -0.05) is 6.07 Å². The van der Waals surface area contributed by atoms with Crippen LogP contribution in [-0.4, -0.2) is 32.4 Å². The van der Waals surface area contributed by atoms with Gasteiger partial charge in [0.15, 0.2) is 17.3 Å². The summed E-state index contributed by atoms with van der Waals surface area (Å²) in [6.07, 6.45) is 0. The Kier molecular flexibility index (Phi) is 5.12. The first-order chi connectivity index (χ1) is 13.2. The van der Waals surface area contributed by atoms with E-state index < -0.39 is 10.2 Å². The number of nitrogens with zero attached hydrogens (tertiary/aromatic N) is 2. The highest BCUT2D eigenvalue weighted by atomic mass is 32.2. The van der Waals surface area contributed by atoms with Gasteiger partial charge in [-0.3, -0.25) is 9.52 Å². The number of anilines is 3. The van der Waals surface area contributed by atoms with E-state index in [1.54, 1.807) is 36.4 Å². The maximum atomic E-state index is 12.5. The number of benzene rings is 2. The van der Waals surface area contributed by atoms with E-state index in [9.17, 15) is 13.2 Å². The van der Waals surface area contributed by atoms with E-state index in [1.165, 1.54) is 25.9 Å². The van der Waals surface area contributed by atoms with E-state index in [1.807, 2.05) is 0 Å². The van der Waals surface area contributed by atoms with E-state index in [4.69, 9.17) is 14.6 Å². The number of nitrogens with one attached hydrogen (secondary N) is 2. The third kappa shape index (κ3) is 4.00. The molecule has 0 fully saturated rings. The van der Waals surface area contributed by atoms with Crippen LogP contribution < -0.4 is 30.2 Å². The third-order valence-corrected chi connectivity index (χ3v) is 4.46. The van der Waals surface area contributed by atoms with Gasteiger partial charge in [0, 0.05) is 18.1 Å². The number of hydrogen-bond acceptors (Lipinski definition) is 7. The fourth-order valence-electron chi connectivity index (χ4n) is 2.73. The molecule has 0 spiro atoms. The minimum absolute atomic E-state index is 0.279. The molecular weight excluding hydrogens is 386 g/mol. The van der Waals surface area contributed by atoms with Crippen molar-refractivity contribution in [2.24, 2.45) is 12.2 Å². The second-order valence-corrected chi connectivity index (χ2v) is 7.18. The summed E-state index contributed by atoms with van der Waals surface area (Å²) in [6.45, 7) is 0. The number of ether oxygens (including phenoxy) is 2. The van der Waals surface area contributed by atoms with Gasteiger partial charge in [-0.15, -0.1) is 0 Å². The zero-order valence-corrected chi connectivity index (χ0v) is 16.2. The summed E-state index contributed by atoms with van der Waals surface area (Å²) in [6, 6.07) is 9.69. The zero-order valence-electron chi connectivity index (χ0n) is 15.4. The van der Waals surface area contributed by atoms with Crippen LogP contribution in [0.1, 0.15) is 0 Å². The smallest absolute Gasteiger partial charge is 0.296 e. The molecule has 0 aliphatic carbocycles. The predicted octanol–water partition coefficient (Wildman–Crippen LogP) is 1.31. The molecule has 0 aliphatic rings. The number of aromatic nitrogens is 2. The Hall–Kier alpha value is -3.31. The van der Waals surface area contributed by atoms with E-state index in [0.717, 1.165) is 0 Å². The molecule has 1 aromatic heterocycles. The summed E-state index contributed by atoms with van der Waals surface area (Å²) in [5.41, 5.74) is 0.517. The molecule has 0 unspecified atom stereocenters. The number of hydrogen-bond donors (Lipinski definition) is 3.